The Labute approximate surface area is 173 Å². The van der Waals surface area contributed by atoms with Crippen LogP contribution in [0.25, 0.3) is 0 Å². The fourth-order valence-electron chi connectivity index (χ4n) is 3.69. The van der Waals surface area contributed by atoms with Crippen molar-refractivity contribution < 1.29 is 14.4 Å². The van der Waals surface area contributed by atoms with Crippen LogP contribution in [0.4, 0.5) is 5.69 Å². The summed E-state index contributed by atoms with van der Waals surface area (Å²) in [6.45, 7) is 3.70. The Morgan fingerprint density at radius 1 is 1.26 bits per heavy atom. The van der Waals surface area contributed by atoms with Crippen LogP contribution >= 0.6 is 35.0 Å². The number of aliphatic hydroxyl groups is 1. The Morgan fingerprint density at radius 2 is 2.07 bits per heavy atom. The lowest BCUT2D eigenvalue weighted by Gasteiger charge is -2.25. The van der Waals surface area contributed by atoms with Gasteiger partial charge in [0, 0.05) is 10.8 Å². The highest BCUT2D eigenvalue weighted by molar-refractivity contribution is 8.13. The van der Waals surface area contributed by atoms with Crippen LogP contribution in [0.1, 0.15) is 18.9 Å². The Kier molecular flexibility index (Phi) is 5.30. The van der Waals surface area contributed by atoms with Crippen molar-refractivity contribution in [3.05, 3.63) is 58.1 Å². The molecule has 0 spiro atoms. The third kappa shape index (κ3) is 3.31. The van der Waals surface area contributed by atoms with E-state index in [-0.39, 0.29) is 0 Å². The molecule has 27 heavy (non-hydrogen) atoms. The zero-order chi connectivity index (χ0) is 19.0. The lowest BCUT2D eigenvalue weighted by molar-refractivity contribution is -0.656. The fourth-order valence-corrected chi connectivity index (χ4v) is 5.42. The van der Waals surface area contributed by atoms with E-state index in [1.165, 1.54) is 0 Å². The maximum absolute atomic E-state index is 11.8. The van der Waals surface area contributed by atoms with Gasteiger partial charge in [-0.05, 0) is 55.4 Å². The molecule has 0 saturated carbocycles. The van der Waals surface area contributed by atoms with Gasteiger partial charge in [-0.2, -0.15) is 0 Å². The number of halogens is 2. The van der Waals surface area contributed by atoms with Crippen LogP contribution in [0, 0.1) is 0 Å². The van der Waals surface area contributed by atoms with Crippen molar-refractivity contribution in [2.45, 2.75) is 19.1 Å². The minimum atomic E-state index is -1.22. The summed E-state index contributed by atoms with van der Waals surface area (Å²) >= 11 is 14.3. The number of hydrogen-bond acceptors (Lipinski definition) is 4. The number of benzene rings is 2. The van der Waals surface area contributed by atoms with Crippen molar-refractivity contribution >= 4 is 45.8 Å². The molecule has 2 heterocycles. The van der Waals surface area contributed by atoms with E-state index in [9.17, 15) is 5.11 Å². The van der Waals surface area contributed by atoms with Crippen LogP contribution < -0.4 is 9.64 Å². The molecule has 0 radical (unpaired) electrons. The standard InChI is InChI=1S/C20H21Cl2N2O2S/c1-2-26-18-7-4-3-6-17(18)23-13-20(25,24-10-5-11-27-19(23)24)15-9-8-14(21)12-16(15)22/h3-4,6-9,12,25H,2,5,10-11,13H2,1H3/q+1. The van der Waals surface area contributed by atoms with Crippen molar-refractivity contribution in [1.82, 2.24) is 0 Å². The number of thioether (sulfide) groups is 1. The zero-order valence-corrected chi connectivity index (χ0v) is 17.3. The largest absolute Gasteiger partial charge is 0.489 e. The summed E-state index contributed by atoms with van der Waals surface area (Å²) in [5, 5.41) is 13.8. The Bertz CT molecular complexity index is 905. The van der Waals surface area contributed by atoms with E-state index in [0.29, 0.717) is 28.8 Å². The van der Waals surface area contributed by atoms with Crippen molar-refractivity contribution in [2.75, 3.05) is 30.3 Å². The van der Waals surface area contributed by atoms with Crippen molar-refractivity contribution in [1.29, 1.82) is 0 Å². The molecule has 7 heteroatoms. The first-order chi connectivity index (χ1) is 13.0. The monoisotopic (exact) mass is 423 g/mol. The quantitative estimate of drug-likeness (QED) is 0.730. The minimum absolute atomic E-state index is 0.376. The molecule has 0 amide bonds. The summed E-state index contributed by atoms with van der Waals surface area (Å²) in [7, 11) is 0. The van der Waals surface area contributed by atoms with Gasteiger partial charge in [-0.15, -0.1) is 0 Å². The van der Waals surface area contributed by atoms with Crippen LogP contribution in [0.2, 0.25) is 10.0 Å². The Balaban J connectivity index is 1.83. The minimum Gasteiger partial charge on any atom is -0.489 e. The second-order valence-electron chi connectivity index (χ2n) is 6.56. The first kappa shape index (κ1) is 18.9. The molecule has 2 aromatic rings. The number of hydrogen-bond donors (Lipinski definition) is 1. The normalized spacial score (nSPS) is 22.1. The maximum Gasteiger partial charge on any atom is 0.316 e. The highest BCUT2D eigenvalue weighted by Gasteiger charge is 2.54. The van der Waals surface area contributed by atoms with E-state index in [1.807, 2.05) is 37.3 Å². The molecule has 0 aromatic heterocycles. The summed E-state index contributed by atoms with van der Waals surface area (Å²) in [5.41, 5.74) is 0.406. The van der Waals surface area contributed by atoms with Crippen LogP contribution in [0.3, 0.4) is 0 Å². The molecular formula is C20H21Cl2N2O2S+. The van der Waals surface area contributed by atoms with Gasteiger partial charge in [0.15, 0.2) is 18.0 Å². The van der Waals surface area contributed by atoms with Gasteiger partial charge in [0.1, 0.15) is 0 Å². The van der Waals surface area contributed by atoms with Crippen LogP contribution in [-0.4, -0.2) is 40.3 Å². The maximum atomic E-state index is 11.8. The van der Waals surface area contributed by atoms with Crippen molar-refractivity contribution in [3.63, 3.8) is 0 Å². The lowest BCUT2D eigenvalue weighted by atomic mass is 10.0. The van der Waals surface area contributed by atoms with E-state index in [1.54, 1.807) is 23.9 Å². The number of β-amino-alcohol motifs (C(OH)–C–C–N with tert-alkyl or cyclic N) is 1. The van der Waals surface area contributed by atoms with Gasteiger partial charge in [-0.3, -0.25) is 0 Å². The van der Waals surface area contributed by atoms with E-state index in [4.69, 9.17) is 27.9 Å². The van der Waals surface area contributed by atoms with Crippen LogP contribution in [-0.2, 0) is 5.72 Å². The van der Waals surface area contributed by atoms with Crippen molar-refractivity contribution in [3.8, 4) is 5.75 Å². The summed E-state index contributed by atoms with van der Waals surface area (Å²) in [6.07, 6.45) is 1.00. The van der Waals surface area contributed by atoms with E-state index >= 15 is 0 Å². The molecule has 0 aliphatic carbocycles. The van der Waals surface area contributed by atoms with Gasteiger partial charge in [0.05, 0.1) is 23.7 Å². The molecule has 4 rings (SSSR count). The molecule has 1 unspecified atom stereocenters. The molecule has 0 fully saturated rings. The number of amidine groups is 1. The number of nitrogens with zero attached hydrogens (tertiary/aromatic N) is 2. The highest BCUT2D eigenvalue weighted by atomic mass is 35.5. The second kappa shape index (κ2) is 7.55. The van der Waals surface area contributed by atoms with Gasteiger partial charge in [0.25, 0.3) is 5.72 Å². The average Bonchev–Trinajstić information content (AvgIpc) is 2.96. The summed E-state index contributed by atoms with van der Waals surface area (Å²) < 4.78 is 7.89. The molecule has 1 atom stereocenters. The van der Waals surface area contributed by atoms with Gasteiger partial charge < -0.3 is 9.84 Å². The smallest absolute Gasteiger partial charge is 0.316 e. The molecule has 142 valence electrons. The SMILES string of the molecule is CCOc1ccccc1N1CC(O)(c2ccc(Cl)cc2Cl)[N+]2=C1SCCC2. The molecule has 0 saturated heterocycles. The molecule has 2 aromatic carbocycles. The highest BCUT2D eigenvalue weighted by Crippen LogP contribution is 2.42. The first-order valence-corrected chi connectivity index (χ1v) is 10.7. The summed E-state index contributed by atoms with van der Waals surface area (Å²) in [5.74, 6) is 1.83. The molecule has 0 bridgehead atoms. The van der Waals surface area contributed by atoms with Crippen molar-refractivity contribution in [2.24, 2.45) is 0 Å². The second-order valence-corrected chi connectivity index (χ2v) is 8.47. The molecular weight excluding hydrogens is 403 g/mol. The third-order valence-corrected chi connectivity index (χ3v) is 6.60. The number of para-hydroxylation sites is 2. The fraction of sp³-hybridized carbons (Fsp3) is 0.350. The Morgan fingerprint density at radius 3 is 2.85 bits per heavy atom. The lowest BCUT2D eigenvalue weighted by Crippen LogP contribution is -2.41. The summed E-state index contributed by atoms with van der Waals surface area (Å²) in [6, 6.07) is 13.2. The topological polar surface area (TPSA) is 35.7 Å². The predicted octanol–water partition coefficient (Wildman–Crippen LogP) is 4.56. The van der Waals surface area contributed by atoms with E-state index < -0.39 is 5.72 Å². The first-order valence-electron chi connectivity index (χ1n) is 8.99. The molecule has 4 nitrogen and oxygen atoms in total. The number of anilines is 1. The van der Waals surface area contributed by atoms with Gasteiger partial charge in [-0.1, -0.05) is 35.3 Å². The Hall–Kier alpha value is -1.40. The molecule has 2 aliphatic heterocycles. The third-order valence-electron chi connectivity index (χ3n) is 4.86. The molecule has 2 aliphatic rings. The van der Waals surface area contributed by atoms with Gasteiger partial charge >= 0.3 is 5.17 Å². The number of rotatable bonds is 4. The van der Waals surface area contributed by atoms with Crippen LogP contribution in [0.15, 0.2) is 42.5 Å². The summed E-state index contributed by atoms with van der Waals surface area (Å²) in [4.78, 5) is 2.14. The molecule has 1 N–H and O–H groups in total. The van der Waals surface area contributed by atoms with Gasteiger partial charge in [0.2, 0.25) is 0 Å². The average molecular weight is 424 g/mol. The number of ether oxygens (including phenoxy) is 1. The van der Waals surface area contributed by atoms with Crippen LogP contribution in [0.5, 0.6) is 5.75 Å². The van der Waals surface area contributed by atoms with Gasteiger partial charge in [-0.25, -0.2) is 9.48 Å². The van der Waals surface area contributed by atoms with E-state index in [0.717, 1.165) is 35.3 Å². The zero-order valence-electron chi connectivity index (χ0n) is 15.0. The predicted molar refractivity (Wildman–Crippen MR) is 113 cm³/mol. The van der Waals surface area contributed by atoms with E-state index in [2.05, 4.69) is 9.48 Å².